The highest BCUT2D eigenvalue weighted by Gasteiger charge is 2.30. The summed E-state index contributed by atoms with van der Waals surface area (Å²) in [5.41, 5.74) is 0. The summed E-state index contributed by atoms with van der Waals surface area (Å²) < 4.78 is 5.00. The highest BCUT2D eigenvalue weighted by Crippen LogP contribution is 2.18. The Hall–Kier alpha value is -1.77. The van der Waals surface area contributed by atoms with Crippen LogP contribution >= 0.6 is 11.8 Å². The van der Waals surface area contributed by atoms with Gasteiger partial charge in [0.2, 0.25) is 11.8 Å². The summed E-state index contributed by atoms with van der Waals surface area (Å²) in [5, 5.41) is 8.54. The molecule has 24 heavy (non-hydrogen) atoms. The van der Waals surface area contributed by atoms with Crippen LogP contribution in [0.25, 0.3) is 0 Å². The highest BCUT2D eigenvalue weighted by atomic mass is 32.2. The first-order valence-electron chi connectivity index (χ1n) is 7.83. The van der Waals surface area contributed by atoms with Crippen molar-refractivity contribution < 1.29 is 29.0 Å². The number of hydrogen-bond acceptors (Lipinski definition) is 6. The highest BCUT2D eigenvalue weighted by molar-refractivity contribution is 8.00. The van der Waals surface area contributed by atoms with Crippen molar-refractivity contribution in [2.45, 2.75) is 19.8 Å². The van der Waals surface area contributed by atoms with Gasteiger partial charge in [-0.25, -0.2) is 0 Å². The SMILES string of the molecule is CCOC(=O)C1CCCN(C(=O)CN(C)C(=O)CSCC(=O)O)C1. The fourth-order valence-electron chi connectivity index (χ4n) is 2.38. The predicted molar refractivity (Wildman–Crippen MR) is 88.5 cm³/mol. The van der Waals surface area contributed by atoms with Gasteiger partial charge in [0.25, 0.3) is 0 Å². The van der Waals surface area contributed by atoms with E-state index in [0.717, 1.165) is 18.2 Å². The standard InChI is InChI=1S/C15H24N2O6S/c1-3-23-15(22)11-5-4-6-17(7-11)12(18)8-16(2)13(19)9-24-10-14(20)21/h11H,3-10H2,1-2H3,(H,20,21). The molecule has 0 aliphatic carbocycles. The van der Waals surface area contributed by atoms with E-state index in [1.54, 1.807) is 11.8 Å². The minimum absolute atomic E-state index is 0.0154. The molecule has 1 heterocycles. The van der Waals surface area contributed by atoms with E-state index in [-0.39, 0.29) is 41.8 Å². The Morgan fingerprint density at radius 3 is 2.62 bits per heavy atom. The number of ether oxygens (including phenoxy) is 1. The third-order valence-corrected chi connectivity index (χ3v) is 4.55. The Morgan fingerprint density at radius 2 is 2.00 bits per heavy atom. The molecule has 0 bridgehead atoms. The van der Waals surface area contributed by atoms with Crippen LogP contribution in [0.2, 0.25) is 0 Å². The third kappa shape index (κ3) is 6.77. The normalized spacial score (nSPS) is 17.2. The number of piperidine rings is 1. The Balaban J connectivity index is 2.44. The number of carbonyl (C=O) groups excluding carboxylic acids is 3. The molecular formula is C15H24N2O6S. The van der Waals surface area contributed by atoms with Crippen LogP contribution in [-0.4, -0.2) is 83.5 Å². The number of likely N-dealkylation sites (tertiary alicyclic amines) is 1. The fraction of sp³-hybridized carbons (Fsp3) is 0.733. The lowest BCUT2D eigenvalue weighted by Crippen LogP contribution is -2.47. The van der Waals surface area contributed by atoms with Crippen LogP contribution in [0, 0.1) is 5.92 Å². The van der Waals surface area contributed by atoms with E-state index in [9.17, 15) is 19.2 Å². The predicted octanol–water partition coefficient (Wildman–Crippen LogP) is 0.0643. The summed E-state index contributed by atoms with van der Waals surface area (Å²) >= 11 is 0.993. The Kier molecular flexibility index (Phi) is 8.59. The Bertz CT molecular complexity index is 485. The molecule has 1 aliphatic heterocycles. The molecule has 1 rings (SSSR count). The third-order valence-electron chi connectivity index (χ3n) is 3.64. The molecule has 1 N–H and O–H groups in total. The minimum Gasteiger partial charge on any atom is -0.481 e. The quantitative estimate of drug-likeness (QED) is 0.611. The molecule has 1 unspecified atom stereocenters. The second-order valence-corrected chi connectivity index (χ2v) is 6.55. The lowest BCUT2D eigenvalue weighted by atomic mass is 9.98. The average Bonchev–Trinajstić information content (AvgIpc) is 2.54. The zero-order chi connectivity index (χ0) is 18.1. The van der Waals surface area contributed by atoms with Crippen LogP contribution in [0.1, 0.15) is 19.8 Å². The van der Waals surface area contributed by atoms with Gasteiger partial charge in [0.15, 0.2) is 0 Å². The van der Waals surface area contributed by atoms with Gasteiger partial charge >= 0.3 is 11.9 Å². The molecule has 0 aromatic carbocycles. The van der Waals surface area contributed by atoms with Gasteiger partial charge in [0.1, 0.15) is 0 Å². The largest absolute Gasteiger partial charge is 0.481 e. The van der Waals surface area contributed by atoms with Crippen molar-refractivity contribution >= 4 is 35.5 Å². The smallest absolute Gasteiger partial charge is 0.313 e. The number of nitrogens with zero attached hydrogens (tertiary/aromatic N) is 2. The zero-order valence-corrected chi connectivity index (χ0v) is 14.8. The first-order valence-corrected chi connectivity index (χ1v) is 8.98. The van der Waals surface area contributed by atoms with E-state index in [4.69, 9.17) is 9.84 Å². The molecule has 9 heteroatoms. The van der Waals surface area contributed by atoms with Crippen molar-refractivity contribution in [1.82, 2.24) is 9.80 Å². The van der Waals surface area contributed by atoms with E-state index >= 15 is 0 Å². The number of carbonyl (C=O) groups is 4. The molecular weight excluding hydrogens is 336 g/mol. The first-order chi connectivity index (χ1) is 11.3. The molecule has 0 saturated carbocycles. The van der Waals surface area contributed by atoms with Crippen LogP contribution in [0.3, 0.4) is 0 Å². The summed E-state index contributed by atoms with van der Waals surface area (Å²) in [6.45, 7) is 2.85. The molecule has 0 spiro atoms. The van der Waals surface area contributed by atoms with Gasteiger partial charge in [-0.1, -0.05) is 0 Å². The number of likely N-dealkylation sites (N-methyl/N-ethyl adjacent to an activating group) is 1. The van der Waals surface area contributed by atoms with Crippen LogP contribution in [0.4, 0.5) is 0 Å². The average molecular weight is 360 g/mol. The number of amides is 2. The van der Waals surface area contributed by atoms with Crippen LogP contribution in [-0.2, 0) is 23.9 Å². The van der Waals surface area contributed by atoms with E-state index in [0.29, 0.717) is 26.1 Å². The number of hydrogen-bond donors (Lipinski definition) is 1. The molecule has 1 saturated heterocycles. The van der Waals surface area contributed by atoms with Crippen molar-refractivity contribution in [3.63, 3.8) is 0 Å². The van der Waals surface area contributed by atoms with Gasteiger partial charge in [-0.05, 0) is 19.8 Å². The van der Waals surface area contributed by atoms with Gasteiger partial charge in [-0.2, -0.15) is 0 Å². The second kappa shape index (κ2) is 10.2. The molecule has 1 atom stereocenters. The molecule has 0 radical (unpaired) electrons. The molecule has 2 amide bonds. The van der Waals surface area contributed by atoms with Crippen LogP contribution < -0.4 is 0 Å². The lowest BCUT2D eigenvalue weighted by molar-refractivity contribution is -0.152. The van der Waals surface area contributed by atoms with E-state index < -0.39 is 5.97 Å². The van der Waals surface area contributed by atoms with Crippen molar-refractivity contribution in [3.05, 3.63) is 0 Å². The maximum absolute atomic E-state index is 12.3. The summed E-state index contributed by atoms with van der Waals surface area (Å²) in [6, 6.07) is 0. The topological polar surface area (TPSA) is 104 Å². The molecule has 0 aromatic rings. The molecule has 8 nitrogen and oxygen atoms in total. The number of rotatable bonds is 8. The number of thioether (sulfide) groups is 1. The van der Waals surface area contributed by atoms with Crippen molar-refractivity contribution in [1.29, 1.82) is 0 Å². The summed E-state index contributed by atoms with van der Waals surface area (Å²) in [6.07, 6.45) is 1.42. The van der Waals surface area contributed by atoms with E-state index in [1.165, 1.54) is 11.9 Å². The Labute approximate surface area is 145 Å². The summed E-state index contributed by atoms with van der Waals surface area (Å²) in [5.74, 6) is -2.23. The monoisotopic (exact) mass is 360 g/mol. The van der Waals surface area contributed by atoms with Crippen molar-refractivity contribution in [3.8, 4) is 0 Å². The minimum atomic E-state index is -0.982. The molecule has 136 valence electrons. The number of aliphatic carboxylic acids is 1. The molecule has 1 fully saturated rings. The lowest BCUT2D eigenvalue weighted by Gasteiger charge is -2.32. The maximum atomic E-state index is 12.3. The molecule has 0 aromatic heterocycles. The van der Waals surface area contributed by atoms with Crippen LogP contribution in [0.15, 0.2) is 0 Å². The first kappa shape index (κ1) is 20.3. The number of carboxylic acids is 1. The number of esters is 1. The van der Waals surface area contributed by atoms with Crippen LogP contribution in [0.5, 0.6) is 0 Å². The summed E-state index contributed by atoms with van der Waals surface area (Å²) in [4.78, 5) is 49.3. The fourth-order valence-corrected chi connectivity index (χ4v) is 3.05. The van der Waals surface area contributed by atoms with Gasteiger partial charge in [-0.15, -0.1) is 11.8 Å². The van der Waals surface area contributed by atoms with Gasteiger partial charge in [0, 0.05) is 20.1 Å². The second-order valence-electron chi connectivity index (χ2n) is 5.57. The van der Waals surface area contributed by atoms with E-state index in [2.05, 4.69) is 0 Å². The Morgan fingerprint density at radius 1 is 1.29 bits per heavy atom. The van der Waals surface area contributed by atoms with Gasteiger partial charge in [0.05, 0.1) is 30.6 Å². The maximum Gasteiger partial charge on any atom is 0.313 e. The molecule has 1 aliphatic rings. The van der Waals surface area contributed by atoms with Crippen molar-refractivity contribution in [2.24, 2.45) is 5.92 Å². The van der Waals surface area contributed by atoms with Crippen molar-refractivity contribution in [2.75, 3.05) is 44.8 Å². The number of carboxylic acid groups (broad SMARTS) is 1. The van der Waals surface area contributed by atoms with Gasteiger partial charge in [-0.3, -0.25) is 19.2 Å². The van der Waals surface area contributed by atoms with Gasteiger partial charge < -0.3 is 19.6 Å². The van der Waals surface area contributed by atoms with E-state index in [1.807, 2.05) is 0 Å². The summed E-state index contributed by atoms with van der Waals surface area (Å²) in [7, 11) is 1.51. The zero-order valence-electron chi connectivity index (χ0n) is 14.0.